The molecule has 0 saturated heterocycles. The van der Waals surface area contributed by atoms with Crippen LogP contribution in [0.5, 0.6) is 0 Å². The summed E-state index contributed by atoms with van der Waals surface area (Å²) in [7, 11) is 0. The molecule has 2 aromatic rings. The van der Waals surface area contributed by atoms with Gasteiger partial charge in [-0.2, -0.15) is 0 Å². The fourth-order valence-corrected chi connectivity index (χ4v) is 3.55. The molecule has 2 aliphatic carbocycles. The highest BCUT2D eigenvalue weighted by molar-refractivity contribution is 6.29. The number of pyridine rings is 1. The number of halogens is 1. The minimum atomic E-state index is 0.481. The molecule has 0 fully saturated rings. The zero-order chi connectivity index (χ0) is 18.8. The van der Waals surface area contributed by atoms with E-state index >= 15 is 0 Å². The molecule has 27 heavy (non-hydrogen) atoms. The van der Waals surface area contributed by atoms with Gasteiger partial charge in [-0.15, -0.1) is 0 Å². The van der Waals surface area contributed by atoms with Crippen LogP contribution in [0.3, 0.4) is 0 Å². The van der Waals surface area contributed by atoms with Gasteiger partial charge in [0.15, 0.2) is 5.82 Å². The van der Waals surface area contributed by atoms with Gasteiger partial charge >= 0.3 is 0 Å². The molecule has 0 bridgehead atoms. The predicted octanol–water partition coefficient (Wildman–Crippen LogP) is 6.15. The van der Waals surface area contributed by atoms with Crippen molar-refractivity contribution in [1.82, 2.24) is 15.0 Å². The first-order valence-corrected chi connectivity index (χ1v) is 9.74. The van der Waals surface area contributed by atoms with Crippen LogP contribution in [0.1, 0.15) is 38.2 Å². The minimum Gasteiger partial charge on any atom is -0.244 e. The van der Waals surface area contributed by atoms with E-state index in [1.54, 1.807) is 12.3 Å². The highest BCUT2D eigenvalue weighted by Gasteiger charge is 2.16. The van der Waals surface area contributed by atoms with Gasteiger partial charge in [-0.25, -0.2) is 15.0 Å². The number of rotatable bonds is 3. The summed E-state index contributed by atoms with van der Waals surface area (Å²) in [6.07, 6.45) is 16.9. The summed E-state index contributed by atoms with van der Waals surface area (Å²) in [4.78, 5) is 14.0. The van der Waals surface area contributed by atoms with Crippen LogP contribution in [0.4, 0.5) is 0 Å². The first-order chi connectivity index (χ1) is 13.1. The standard InChI is InChI=1S/C23H22ClN3/c1-15-5-3-7-17(11-15)20-13-21(19-9-10-22(24)25-14-19)27-23(26-20)18-8-4-6-16(2)12-18/h3-5,7-10,12-16H,6,11H2,1-2H3. The smallest absolute Gasteiger partial charge is 0.160 e. The van der Waals surface area contributed by atoms with E-state index in [2.05, 4.69) is 61.4 Å². The molecule has 0 radical (unpaired) electrons. The summed E-state index contributed by atoms with van der Waals surface area (Å²) in [5.74, 6) is 1.77. The monoisotopic (exact) mass is 375 g/mol. The Bertz CT molecular complexity index is 968. The van der Waals surface area contributed by atoms with E-state index in [-0.39, 0.29) is 0 Å². The van der Waals surface area contributed by atoms with Gasteiger partial charge < -0.3 is 0 Å². The number of hydrogen-bond acceptors (Lipinski definition) is 3. The second-order valence-electron chi connectivity index (χ2n) is 7.33. The molecule has 2 aliphatic rings. The maximum atomic E-state index is 5.96. The quantitative estimate of drug-likeness (QED) is 0.604. The number of hydrogen-bond donors (Lipinski definition) is 0. The summed E-state index contributed by atoms with van der Waals surface area (Å²) in [6, 6.07) is 5.81. The molecule has 4 rings (SSSR count). The Morgan fingerprint density at radius 2 is 1.93 bits per heavy atom. The summed E-state index contributed by atoms with van der Waals surface area (Å²) in [5, 5.41) is 0.481. The molecular formula is C23H22ClN3. The van der Waals surface area contributed by atoms with Crippen LogP contribution < -0.4 is 0 Å². The zero-order valence-corrected chi connectivity index (χ0v) is 16.3. The van der Waals surface area contributed by atoms with Crippen LogP contribution in [-0.4, -0.2) is 15.0 Å². The fraction of sp³-hybridized carbons (Fsp3) is 0.261. The predicted molar refractivity (Wildman–Crippen MR) is 112 cm³/mol. The summed E-state index contributed by atoms with van der Waals surface area (Å²) < 4.78 is 0. The third kappa shape index (κ3) is 4.09. The number of nitrogens with zero attached hydrogens (tertiary/aromatic N) is 3. The van der Waals surface area contributed by atoms with Gasteiger partial charge in [0.2, 0.25) is 0 Å². The van der Waals surface area contributed by atoms with Crippen molar-refractivity contribution in [2.45, 2.75) is 26.7 Å². The SMILES string of the molecule is CC1C=C(c2nc(C3=CC=CC(C)C3)cc(-c3ccc(Cl)nc3)n2)C=CC1. The lowest BCUT2D eigenvalue weighted by molar-refractivity contribution is 0.737. The highest BCUT2D eigenvalue weighted by Crippen LogP contribution is 2.31. The normalized spacial score (nSPS) is 21.7. The Labute approximate surface area is 165 Å². The van der Waals surface area contributed by atoms with Gasteiger partial charge in [-0.05, 0) is 48.4 Å². The third-order valence-corrected chi connectivity index (χ3v) is 5.11. The minimum absolute atomic E-state index is 0.481. The van der Waals surface area contributed by atoms with E-state index in [4.69, 9.17) is 21.6 Å². The second-order valence-corrected chi connectivity index (χ2v) is 7.71. The van der Waals surface area contributed by atoms with Gasteiger partial charge in [-0.3, -0.25) is 0 Å². The van der Waals surface area contributed by atoms with E-state index in [1.807, 2.05) is 6.07 Å². The van der Waals surface area contributed by atoms with Crippen LogP contribution in [0.15, 0.2) is 60.9 Å². The average Bonchev–Trinajstić information content (AvgIpc) is 2.68. The molecule has 2 aromatic heterocycles. The molecule has 0 saturated carbocycles. The van der Waals surface area contributed by atoms with Gasteiger partial charge in [0.05, 0.1) is 11.4 Å². The number of aromatic nitrogens is 3. The maximum absolute atomic E-state index is 5.96. The molecule has 0 amide bonds. The molecule has 0 N–H and O–H groups in total. The van der Waals surface area contributed by atoms with Crippen LogP contribution in [0.2, 0.25) is 5.15 Å². The molecule has 4 heteroatoms. The molecule has 2 unspecified atom stereocenters. The topological polar surface area (TPSA) is 38.7 Å². The van der Waals surface area contributed by atoms with Crippen molar-refractivity contribution in [3.05, 3.63) is 77.5 Å². The van der Waals surface area contributed by atoms with Crippen molar-refractivity contribution in [2.75, 3.05) is 0 Å². The number of allylic oxidation sites excluding steroid dienone is 8. The molecule has 0 aliphatic heterocycles. The lowest BCUT2D eigenvalue weighted by Gasteiger charge is -2.17. The third-order valence-electron chi connectivity index (χ3n) is 4.88. The largest absolute Gasteiger partial charge is 0.244 e. The maximum Gasteiger partial charge on any atom is 0.160 e. The van der Waals surface area contributed by atoms with Gasteiger partial charge in [-0.1, -0.05) is 61.9 Å². The Hall–Kier alpha value is -2.52. The molecular weight excluding hydrogens is 354 g/mol. The van der Waals surface area contributed by atoms with Crippen molar-refractivity contribution < 1.29 is 0 Å². The van der Waals surface area contributed by atoms with Crippen LogP contribution in [-0.2, 0) is 0 Å². The summed E-state index contributed by atoms with van der Waals surface area (Å²) in [5.41, 5.74) is 5.12. The molecule has 2 heterocycles. The lowest BCUT2D eigenvalue weighted by atomic mass is 9.93. The zero-order valence-electron chi connectivity index (χ0n) is 15.6. The van der Waals surface area contributed by atoms with Crippen molar-refractivity contribution >= 4 is 22.7 Å². The Morgan fingerprint density at radius 3 is 2.67 bits per heavy atom. The Kier molecular flexibility index (Phi) is 5.04. The van der Waals surface area contributed by atoms with E-state index in [0.29, 0.717) is 17.0 Å². The molecule has 3 nitrogen and oxygen atoms in total. The van der Waals surface area contributed by atoms with Crippen molar-refractivity contribution in [3.63, 3.8) is 0 Å². The molecule has 2 atom stereocenters. The van der Waals surface area contributed by atoms with Crippen molar-refractivity contribution in [1.29, 1.82) is 0 Å². The average molecular weight is 376 g/mol. The first kappa shape index (κ1) is 17.9. The Morgan fingerprint density at radius 1 is 1.07 bits per heavy atom. The van der Waals surface area contributed by atoms with E-state index in [9.17, 15) is 0 Å². The van der Waals surface area contributed by atoms with Gasteiger partial charge in [0.1, 0.15) is 5.15 Å². The first-order valence-electron chi connectivity index (χ1n) is 9.36. The van der Waals surface area contributed by atoms with E-state index in [0.717, 1.165) is 41.2 Å². The molecule has 0 aromatic carbocycles. The van der Waals surface area contributed by atoms with Gasteiger partial charge in [0, 0.05) is 17.3 Å². The van der Waals surface area contributed by atoms with Crippen molar-refractivity contribution in [3.8, 4) is 11.3 Å². The highest BCUT2D eigenvalue weighted by atomic mass is 35.5. The Balaban J connectivity index is 1.83. The second kappa shape index (κ2) is 7.61. The lowest BCUT2D eigenvalue weighted by Crippen LogP contribution is -2.05. The summed E-state index contributed by atoms with van der Waals surface area (Å²) in [6.45, 7) is 4.44. The van der Waals surface area contributed by atoms with E-state index < -0.39 is 0 Å². The van der Waals surface area contributed by atoms with E-state index in [1.165, 1.54) is 5.57 Å². The molecule has 136 valence electrons. The van der Waals surface area contributed by atoms with Crippen LogP contribution in [0.25, 0.3) is 22.4 Å². The van der Waals surface area contributed by atoms with Crippen molar-refractivity contribution in [2.24, 2.45) is 11.8 Å². The van der Waals surface area contributed by atoms with Crippen LogP contribution >= 0.6 is 11.6 Å². The fourth-order valence-electron chi connectivity index (χ4n) is 3.44. The molecule has 0 spiro atoms. The summed E-state index contributed by atoms with van der Waals surface area (Å²) >= 11 is 5.96. The van der Waals surface area contributed by atoms with Gasteiger partial charge in [0.25, 0.3) is 0 Å². The van der Waals surface area contributed by atoms with Crippen LogP contribution in [0, 0.1) is 11.8 Å².